The summed E-state index contributed by atoms with van der Waals surface area (Å²) in [4.78, 5) is 72.9. The molecule has 2 aliphatic rings. The largest absolute Gasteiger partial charge is 0.453 e. The summed E-state index contributed by atoms with van der Waals surface area (Å²) in [6, 6.07) is 10.7. The number of thiophene rings is 2. The van der Waals surface area contributed by atoms with Crippen LogP contribution in [0.25, 0.3) is 41.7 Å². The number of aromatic nitrogens is 4. The number of alkyl carbamates (subject to hydrolysis) is 2. The number of ether oxygens (including phenoxy) is 2. The Kier molecular flexibility index (Phi) is 11.3. The van der Waals surface area contributed by atoms with Crippen LogP contribution in [0, 0.1) is 11.8 Å². The normalized spacial score (nSPS) is 17.9. The van der Waals surface area contributed by atoms with Crippen molar-refractivity contribution in [1.29, 1.82) is 0 Å². The molecule has 0 aliphatic carbocycles. The molecule has 6 heterocycles. The van der Waals surface area contributed by atoms with Crippen molar-refractivity contribution in [2.45, 2.75) is 64.7 Å². The molecular weight excluding hydrogens is 753 g/mol. The summed E-state index contributed by atoms with van der Waals surface area (Å²) < 4.78 is 11.9. The summed E-state index contributed by atoms with van der Waals surface area (Å²) >= 11 is 3.42. The Bertz CT molecular complexity index is 2220. The molecule has 1 aromatic carbocycles. The molecule has 0 bridgehead atoms. The number of likely N-dealkylation sites (tertiary alicyclic amines) is 1. The Hall–Kier alpha value is -5.48. The van der Waals surface area contributed by atoms with Crippen LogP contribution in [0.4, 0.5) is 9.59 Å². The number of carbonyl (C=O) groups excluding carboxylic acids is 4. The first-order valence-corrected chi connectivity index (χ1v) is 20.3. The molecule has 2 aliphatic heterocycles. The number of nitrogens with zero attached hydrogens (tertiary/aromatic N) is 4. The van der Waals surface area contributed by atoms with E-state index < -0.39 is 24.3 Å². The van der Waals surface area contributed by atoms with Crippen molar-refractivity contribution in [3.63, 3.8) is 0 Å². The van der Waals surface area contributed by atoms with Gasteiger partial charge in [-0.15, -0.1) is 22.7 Å². The van der Waals surface area contributed by atoms with Gasteiger partial charge in [0.05, 0.1) is 48.9 Å². The molecule has 16 heteroatoms. The van der Waals surface area contributed by atoms with E-state index >= 15 is 0 Å². The van der Waals surface area contributed by atoms with E-state index in [1.54, 1.807) is 33.8 Å². The Morgan fingerprint density at radius 3 is 1.96 bits per heavy atom. The van der Waals surface area contributed by atoms with Crippen molar-refractivity contribution in [2.24, 2.45) is 11.8 Å². The fraction of sp³-hybridized carbons (Fsp3) is 0.400. The van der Waals surface area contributed by atoms with E-state index in [0.717, 1.165) is 50.9 Å². The van der Waals surface area contributed by atoms with Crippen LogP contribution in [-0.4, -0.2) is 93.1 Å². The molecule has 4 atom stereocenters. The number of aromatic amines is 2. The summed E-state index contributed by atoms with van der Waals surface area (Å²) in [5.74, 6) is 0.827. The zero-order chi connectivity index (χ0) is 39.7. The van der Waals surface area contributed by atoms with Crippen molar-refractivity contribution in [3.8, 4) is 32.3 Å². The number of hydrogen-bond acceptors (Lipinski definition) is 10. The second-order valence-corrected chi connectivity index (χ2v) is 16.8. The molecule has 7 rings (SSSR count). The van der Waals surface area contributed by atoms with Crippen molar-refractivity contribution >= 4 is 56.1 Å². The molecule has 0 spiro atoms. The summed E-state index contributed by atoms with van der Waals surface area (Å²) in [5.41, 5.74) is 3.82. The molecule has 4 amide bonds. The van der Waals surface area contributed by atoms with Gasteiger partial charge in [-0.1, -0.05) is 64.1 Å². The maximum Gasteiger partial charge on any atom is 0.407 e. The van der Waals surface area contributed by atoms with Crippen LogP contribution in [-0.2, 0) is 19.1 Å². The highest BCUT2D eigenvalue weighted by atomic mass is 32.1. The Morgan fingerprint density at radius 1 is 0.768 bits per heavy atom. The van der Waals surface area contributed by atoms with Gasteiger partial charge in [-0.2, -0.15) is 0 Å². The van der Waals surface area contributed by atoms with Gasteiger partial charge in [-0.3, -0.25) is 9.59 Å². The number of H-pyrrole nitrogens is 2. The molecule has 1 unspecified atom stereocenters. The lowest BCUT2D eigenvalue weighted by atomic mass is 10.0. The zero-order valence-corrected chi connectivity index (χ0v) is 33.8. The van der Waals surface area contributed by atoms with Gasteiger partial charge in [-0.25, -0.2) is 19.6 Å². The summed E-state index contributed by atoms with van der Waals surface area (Å²) in [6.07, 6.45) is 7.88. The standard InChI is InChI=1S/C40H46N8O6S2/c1-21(2)33(45-39(51)53-5)37(49)47-15-7-9-27(47)35-41-19-25(43-35)23-11-13-24(14-12-23)29-17-31-32(55-29)18-30(56-31)26-20-42-36(44-26)28-10-8-16-48(28)38(50)34(22(3)4)46-40(52)54-6/h7,9,11-14,17-22,27-28,33-34H,8,10,15-16H2,1-6H3,(H,41,43)(H,42,44)(H,45,51)(H,46,52)/t27-,28-,33-,34?/m0/s1. The first-order chi connectivity index (χ1) is 26.9. The minimum Gasteiger partial charge on any atom is -0.453 e. The number of benzene rings is 1. The van der Waals surface area contributed by atoms with Crippen LogP contribution in [0.15, 0.2) is 60.9 Å². The van der Waals surface area contributed by atoms with Crippen LogP contribution in [0.1, 0.15) is 64.3 Å². The third kappa shape index (κ3) is 7.80. The molecule has 4 N–H and O–H groups in total. The lowest BCUT2D eigenvalue weighted by Gasteiger charge is -2.30. The molecule has 4 aromatic heterocycles. The topological polar surface area (TPSA) is 175 Å². The van der Waals surface area contributed by atoms with E-state index in [1.165, 1.54) is 23.6 Å². The van der Waals surface area contributed by atoms with Crippen molar-refractivity contribution in [1.82, 2.24) is 40.4 Å². The van der Waals surface area contributed by atoms with E-state index in [4.69, 9.17) is 14.5 Å². The fourth-order valence-electron chi connectivity index (χ4n) is 7.25. The first-order valence-electron chi connectivity index (χ1n) is 18.7. The highest BCUT2D eigenvalue weighted by Crippen LogP contribution is 2.42. The number of imidazole rings is 2. The summed E-state index contributed by atoms with van der Waals surface area (Å²) in [5, 5.41) is 5.37. The quantitative estimate of drug-likeness (QED) is 0.101. The van der Waals surface area contributed by atoms with Gasteiger partial charge in [0, 0.05) is 27.4 Å². The molecule has 294 valence electrons. The van der Waals surface area contributed by atoms with Gasteiger partial charge in [0.25, 0.3) is 0 Å². The SMILES string of the molecule is COC(=O)NC(C(=O)N1CCC[C@H]1c1ncc(-c2cc3sc(-c4ccc(-c5cnc([C@@H]6C=CCN6C(=O)[C@@H](NC(=O)OC)C(C)C)[nH]5)cc4)cc3s2)[nH]1)C(C)C. The second-order valence-electron chi connectivity index (χ2n) is 14.7. The fourth-order valence-corrected chi connectivity index (χ4v) is 9.61. The average molecular weight is 799 g/mol. The smallest absolute Gasteiger partial charge is 0.407 e. The van der Waals surface area contributed by atoms with Gasteiger partial charge >= 0.3 is 12.2 Å². The maximum atomic E-state index is 13.6. The van der Waals surface area contributed by atoms with E-state index in [9.17, 15) is 19.2 Å². The van der Waals surface area contributed by atoms with E-state index in [-0.39, 0.29) is 35.7 Å². The van der Waals surface area contributed by atoms with Crippen LogP contribution in [0.3, 0.4) is 0 Å². The van der Waals surface area contributed by atoms with Gasteiger partial charge in [-0.05, 0) is 47.9 Å². The van der Waals surface area contributed by atoms with Gasteiger partial charge in [0.15, 0.2) is 0 Å². The lowest BCUT2D eigenvalue weighted by Crippen LogP contribution is -2.51. The Morgan fingerprint density at radius 2 is 1.32 bits per heavy atom. The monoisotopic (exact) mass is 798 g/mol. The number of rotatable bonds is 11. The number of hydrogen-bond donors (Lipinski definition) is 4. The first kappa shape index (κ1) is 38.8. The van der Waals surface area contributed by atoms with Gasteiger partial charge in [0.1, 0.15) is 29.8 Å². The number of fused-ring (bicyclic) bond motifs is 1. The molecule has 1 fully saturated rings. The van der Waals surface area contributed by atoms with Gasteiger partial charge < -0.3 is 39.9 Å². The predicted molar refractivity (Wildman–Crippen MR) is 216 cm³/mol. The number of nitrogens with one attached hydrogen (secondary N) is 4. The highest BCUT2D eigenvalue weighted by molar-refractivity contribution is 7.31. The summed E-state index contributed by atoms with van der Waals surface area (Å²) in [6.45, 7) is 8.60. The van der Waals surface area contributed by atoms with Crippen LogP contribution < -0.4 is 10.6 Å². The highest BCUT2D eigenvalue weighted by Gasteiger charge is 2.38. The third-order valence-corrected chi connectivity index (χ3v) is 12.7. The van der Waals surface area contributed by atoms with Crippen LogP contribution in [0.5, 0.6) is 0 Å². The average Bonchev–Trinajstić information content (AvgIpc) is 4.04. The molecule has 5 aromatic rings. The van der Waals surface area contributed by atoms with Crippen molar-refractivity contribution in [2.75, 3.05) is 27.3 Å². The number of methoxy groups -OCH3 is 2. The number of amides is 4. The third-order valence-electron chi connectivity index (χ3n) is 10.3. The van der Waals surface area contributed by atoms with E-state index in [0.29, 0.717) is 18.9 Å². The maximum absolute atomic E-state index is 13.6. The minimum absolute atomic E-state index is 0.101. The number of carbonyl (C=O) groups is 4. The molecule has 1 saturated heterocycles. The Balaban J connectivity index is 1.02. The van der Waals surface area contributed by atoms with Crippen LogP contribution >= 0.6 is 22.7 Å². The van der Waals surface area contributed by atoms with Crippen LogP contribution in [0.2, 0.25) is 0 Å². The predicted octanol–water partition coefficient (Wildman–Crippen LogP) is 7.27. The molecular formula is C40H46N8O6S2. The molecule has 14 nitrogen and oxygen atoms in total. The Labute approximate surface area is 332 Å². The lowest BCUT2D eigenvalue weighted by molar-refractivity contribution is -0.136. The molecule has 0 saturated carbocycles. The second kappa shape index (κ2) is 16.3. The van der Waals surface area contributed by atoms with Crippen molar-refractivity contribution < 1.29 is 28.7 Å². The summed E-state index contributed by atoms with van der Waals surface area (Å²) in [7, 11) is 2.57. The minimum atomic E-state index is -0.723. The van der Waals surface area contributed by atoms with Gasteiger partial charge in [0.2, 0.25) is 11.8 Å². The van der Waals surface area contributed by atoms with E-state index in [1.807, 2.05) is 50.9 Å². The van der Waals surface area contributed by atoms with E-state index in [2.05, 4.69) is 62.0 Å². The van der Waals surface area contributed by atoms with Crippen molar-refractivity contribution in [3.05, 3.63) is 72.6 Å². The molecule has 0 radical (unpaired) electrons. The molecule has 56 heavy (non-hydrogen) atoms. The zero-order valence-electron chi connectivity index (χ0n) is 32.1.